The number of nitrogens with zero attached hydrogens (tertiary/aromatic N) is 2. The second kappa shape index (κ2) is 6.91. The summed E-state index contributed by atoms with van der Waals surface area (Å²) in [4.78, 5) is 21.9. The molecule has 0 aliphatic carbocycles. The predicted octanol–water partition coefficient (Wildman–Crippen LogP) is 2.12. The fraction of sp³-hybridized carbons (Fsp3) is 0.0667. The highest BCUT2D eigenvalue weighted by Crippen LogP contribution is 2.27. The monoisotopic (exact) mass is 313 g/mol. The average molecular weight is 313 g/mol. The minimum absolute atomic E-state index is 0.112. The summed E-state index contributed by atoms with van der Waals surface area (Å²) in [6.07, 6.45) is 2.65. The molecule has 8 heteroatoms. The molecule has 0 radical (unpaired) electrons. The first-order valence-corrected chi connectivity index (χ1v) is 6.41. The number of nitro groups is 1. The number of nitro benzene ring substituents is 1. The molecule has 1 aromatic heterocycles. The van der Waals surface area contributed by atoms with Crippen molar-refractivity contribution < 1.29 is 19.2 Å². The van der Waals surface area contributed by atoms with Crippen molar-refractivity contribution in [2.24, 2.45) is 0 Å². The standard InChI is InChI=1S/C15H11N3O5/c16-8-11(15(20)17-9-12-2-1-5-23-12)6-10-3-4-14(19)13(7-10)18(21)22/h1-7,19H,9H2,(H,17,20)/b11-6-. The van der Waals surface area contributed by atoms with Crippen molar-refractivity contribution in [1.82, 2.24) is 5.32 Å². The minimum Gasteiger partial charge on any atom is -0.502 e. The van der Waals surface area contributed by atoms with Crippen molar-refractivity contribution in [2.45, 2.75) is 6.54 Å². The lowest BCUT2D eigenvalue weighted by Crippen LogP contribution is -2.23. The van der Waals surface area contributed by atoms with E-state index in [9.17, 15) is 20.0 Å². The molecule has 0 unspecified atom stereocenters. The van der Waals surface area contributed by atoms with Gasteiger partial charge in [0.1, 0.15) is 17.4 Å². The van der Waals surface area contributed by atoms with Crippen LogP contribution in [-0.4, -0.2) is 15.9 Å². The zero-order chi connectivity index (χ0) is 16.8. The molecule has 0 saturated carbocycles. The maximum atomic E-state index is 11.9. The number of benzene rings is 1. The number of carbonyl (C=O) groups excluding carboxylic acids is 1. The van der Waals surface area contributed by atoms with E-state index in [1.807, 2.05) is 0 Å². The number of phenols is 1. The molecule has 0 bridgehead atoms. The van der Waals surface area contributed by atoms with Gasteiger partial charge in [0.15, 0.2) is 5.75 Å². The van der Waals surface area contributed by atoms with Gasteiger partial charge in [0.25, 0.3) is 5.91 Å². The second-order valence-electron chi connectivity index (χ2n) is 4.44. The van der Waals surface area contributed by atoms with E-state index in [0.29, 0.717) is 5.76 Å². The van der Waals surface area contributed by atoms with Crippen LogP contribution in [0.1, 0.15) is 11.3 Å². The number of nitrogens with one attached hydrogen (secondary N) is 1. The summed E-state index contributed by atoms with van der Waals surface area (Å²) in [5.41, 5.74) is -0.484. The SMILES string of the molecule is N#C/C(=C/c1ccc(O)c([N+](=O)[O-])c1)C(=O)NCc1ccco1. The molecule has 116 valence electrons. The number of furan rings is 1. The van der Waals surface area contributed by atoms with E-state index in [1.54, 1.807) is 18.2 Å². The summed E-state index contributed by atoms with van der Waals surface area (Å²) in [5.74, 6) is -0.608. The van der Waals surface area contributed by atoms with Crippen LogP contribution in [0.5, 0.6) is 5.75 Å². The largest absolute Gasteiger partial charge is 0.502 e. The van der Waals surface area contributed by atoms with Crippen LogP contribution in [0.2, 0.25) is 0 Å². The first-order valence-electron chi connectivity index (χ1n) is 6.41. The van der Waals surface area contributed by atoms with Gasteiger partial charge in [-0.1, -0.05) is 6.07 Å². The quantitative estimate of drug-likeness (QED) is 0.376. The lowest BCUT2D eigenvalue weighted by Gasteiger charge is -2.02. The third kappa shape index (κ3) is 3.95. The Balaban J connectivity index is 2.18. The van der Waals surface area contributed by atoms with E-state index in [1.165, 1.54) is 18.4 Å². The Morgan fingerprint density at radius 3 is 2.87 bits per heavy atom. The molecule has 0 spiro atoms. The van der Waals surface area contributed by atoms with Gasteiger partial charge in [-0.15, -0.1) is 0 Å². The summed E-state index contributed by atoms with van der Waals surface area (Å²) in [6, 6.07) is 8.62. The number of hydrogen-bond donors (Lipinski definition) is 2. The van der Waals surface area contributed by atoms with E-state index < -0.39 is 22.3 Å². The van der Waals surface area contributed by atoms with Gasteiger partial charge in [0, 0.05) is 6.07 Å². The van der Waals surface area contributed by atoms with Crippen molar-refractivity contribution >= 4 is 17.7 Å². The molecule has 2 rings (SSSR count). The van der Waals surface area contributed by atoms with Crippen LogP contribution in [0.4, 0.5) is 5.69 Å². The van der Waals surface area contributed by atoms with Crippen LogP contribution in [0.15, 0.2) is 46.6 Å². The average Bonchev–Trinajstić information content (AvgIpc) is 3.04. The van der Waals surface area contributed by atoms with Gasteiger partial charge < -0.3 is 14.8 Å². The Kier molecular flexibility index (Phi) is 4.74. The third-order valence-corrected chi connectivity index (χ3v) is 2.88. The molecule has 2 aromatic rings. The van der Waals surface area contributed by atoms with E-state index >= 15 is 0 Å². The molecule has 0 atom stereocenters. The molecule has 23 heavy (non-hydrogen) atoms. The molecule has 0 aliphatic heterocycles. The van der Waals surface area contributed by atoms with Crippen LogP contribution in [0.3, 0.4) is 0 Å². The van der Waals surface area contributed by atoms with E-state index in [2.05, 4.69) is 5.32 Å². The first kappa shape index (κ1) is 15.8. The molecule has 1 amide bonds. The molecular weight excluding hydrogens is 302 g/mol. The highest BCUT2D eigenvalue weighted by molar-refractivity contribution is 6.01. The number of rotatable bonds is 5. The number of nitriles is 1. The fourth-order valence-corrected chi connectivity index (χ4v) is 1.77. The molecule has 0 fully saturated rings. The lowest BCUT2D eigenvalue weighted by atomic mass is 10.1. The van der Waals surface area contributed by atoms with Gasteiger partial charge in [-0.25, -0.2) is 0 Å². The minimum atomic E-state index is -0.754. The molecule has 1 heterocycles. The Labute approximate surface area is 130 Å². The van der Waals surface area contributed by atoms with Crippen LogP contribution >= 0.6 is 0 Å². The molecule has 2 N–H and O–H groups in total. The summed E-state index contributed by atoms with van der Waals surface area (Å²) >= 11 is 0. The Morgan fingerprint density at radius 1 is 1.48 bits per heavy atom. The smallest absolute Gasteiger partial charge is 0.311 e. The van der Waals surface area contributed by atoms with Gasteiger partial charge in [-0.2, -0.15) is 5.26 Å². The number of carbonyl (C=O) groups is 1. The number of aromatic hydroxyl groups is 1. The topological polar surface area (TPSA) is 129 Å². The van der Waals surface area contributed by atoms with Gasteiger partial charge in [-0.05, 0) is 29.8 Å². The predicted molar refractivity (Wildman–Crippen MR) is 78.9 cm³/mol. The zero-order valence-electron chi connectivity index (χ0n) is 11.7. The van der Waals surface area contributed by atoms with Crippen molar-refractivity contribution in [3.63, 3.8) is 0 Å². The van der Waals surface area contributed by atoms with E-state index in [4.69, 9.17) is 9.68 Å². The molecule has 0 aliphatic rings. The normalized spacial score (nSPS) is 10.8. The van der Waals surface area contributed by atoms with Gasteiger partial charge in [-0.3, -0.25) is 14.9 Å². The molecule has 8 nitrogen and oxygen atoms in total. The van der Waals surface area contributed by atoms with Gasteiger partial charge in [0.2, 0.25) is 0 Å². The Morgan fingerprint density at radius 2 is 2.26 bits per heavy atom. The molecule has 1 aromatic carbocycles. The maximum absolute atomic E-state index is 11.9. The molecule has 0 saturated heterocycles. The van der Waals surface area contributed by atoms with Crippen molar-refractivity contribution in [2.75, 3.05) is 0 Å². The van der Waals surface area contributed by atoms with Crippen LogP contribution in [0, 0.1) is 21.4 Å². The van der Waals surface area contributed by atoms with Crippen molar-refractivity contribution in [1.29, 1.82) is 5.26 Å². The lowest BCUT2D eigenvalue weighted by molar-refractivity contribution is -0.385. The summed E-state index contributed by atoms with van der Waals surface area (Å²) in [6.45, 7) is 0.112. The van der Waals surface area contributed by atoms with Gasteiger partial charge >= 0.3 is 5.69 Å². The summed E-state index contributed by atoms with van der Waals surface area (Å²) in [7, 11) is 0. The third-order valence-electron chi connectivity index (χ3n) is 2.88. The van der Waals surface area contributed by atoms with E-state index in [-0.39, 0.29) is 17.7 Å². The van der Waals surface area contributed by atoms with Gasteiger partial charge in [0.05, 0.1) is 17.7 Å². The summed E-state index contributed by atoms with van der Waals surface area (Å²) < 4.78 is 5.05. The Bertz CT molecular complexity index is 803. The molecular formula is C15H11N3O5. The van der Waals surface area contributed by atoms with Crippen LogP contribution in [-0.2, 0) is 11.3 Å². The number of phenolic OH excluding ortho intramolecular Hbond substituents is 1. The Hall–Kier alpha value is -3.60. The zero-order valence-corrected chi connectivity index (χ0v) is 11.7. The number of hydrogen-bond acceptors (Lipinski definition) is 6. The van der Waals surface area contributed by atoms with Crippen LogP contribution in [0.25, 0.3) is 6.08 Å². The highest BCUT2D eigenvalue weighted by atomic mass is 16.6. The number of amides is 1. The highest BCUT2D eigenvalue weighted by Gasteiger charge is 2.15. The van der Waals surface area contributed by atoms with Crippen molar-refractivity contribution in [3.8, 4) is 11.8 Å². The second-order valence-corrected chi connectivity index (χ2v) is 4.44. The first-order chi connectivity index (χ1) is 11.0. The fourth-order valence-electron chi connectivity index (χ4n) is 1.77. The maximum Gasteiger partial charge on any atom is 0.311 e. The van der Waals surface area contributed by atoms with Crippen LogP contribution < -0.4 is 5.32 Å². The van der Waals surface area contributed by atoms with Crippen molar-refractivity contribution in [3.05, 3.63) is 63.6 Å². The van der Waals surface area contributed by atoms with E-state index in [0.717, 1.165) is 12.1 Å². The summed E-state index contributed by atoms with van der Waals surface area (Å²) in [5, 5.41) is 31.7.